The van der Waals surface area contributed by atoms with Crippen LogP contribution < -0.4 is 0 Å². The predicted octanol–water partition coefficient (Wildman–Crippen LogP) is 6.66. The minimum atomic E-state index is 0. The Morgan fingerprint density at radius 3 is 2.21 bits per heavy atom. The van der Waals surface area contributed by atoms with Crippen LogP contribution in [0, 0.1) is 58.2 Å². The fourth-order valence-electron chi connectivity index (χ4n) is 8.54. The molecule has 4 rings (SSSR count). The molecule has 137 valence electrons. The molecule has 0 heterocycles. The second kappa shape index (κ2) is 6.05. The van der Waals surface area contributed by atoms with Gasteiger partial charge in [0.05, 0.1) is 0 Å². The van der Waals surface area contributed by atoms with Crippen LogP contribution in [0.2, 0.25) is 0 Å². The Hall–Kier alpha value is 0.0649. The van der Waals surface area contributed by atoms with Gasteiger partial charge in [-0.2, -0.15) is 0 Å². The first-order valence-electron chi connectivity index (χ1n) is 10.8. The zero-order chi connectivity index (χ0) is 16.6. The molecule has 0 N–H and O–H groups in total. The van der Waals surface area contributed by atoms with E-state index in [1.807, 2.05) is 0 Å². The zero-order valence-electron chi connectivity index (χ0n) is 17.1. The van der Waals surface area contributed by atoms with Crippen molar-refractivity contribution in [1.82, 2.24) is 0 Å². The maximum atomic E-state index is 2.72. The third kappa shape index (κ3) is 2.31. The fraction of sp³-hybridized carbons (Fsp3) is 1.00. The maximum absolute atomic E-state index is 2.72. The Balaban J connectivity index is 0.00000113. The summed E-state index contributed by atoms with van der Waals surface area (Å²) >= 11 is 0. The molecule has 4 aliphatic rings. The van der Waals surface area contributed by atoms with Crippen LogP contribution in [-0.2, 0) is 0 Å². The summed E-state index contributed by atoms with van der Waals surface area (Å²) in [6.07, 6.45) is 10.7. The van der Waals surface area contributed by atoms with Crippen molar-refractivity contribution in [1.29, 1.82) is 0 Å². The van der Waals surface area contributed by atoms with Gasteiger partial charge in [0.1, 0.15) is 0 Å². The highest BCUT2D eigenvalue weighted by atomic mass is 14.7. The van der Waals surface area contributed by atoms with Gasteiger partial charge in [-0.05, 0) is 96.7 Å². The van der Waals surface area contributed by atoms with Gasteiger partial charge in [0.25, 0.3) is 0 Å². The molecule has 0 spiro atoms. The van der Waals surface area contributed by atoms with E-state index in [2.05, 4.69) is 41.5 Å². The largest absolute Gasteiger partial charge is 0.0625 e. The smallest absolute Gasteiger partial charge is 0 e. The van der Waals surface area contributed by atoms with Crippen molar-refractivity contribution in [3.63, 3.8) is 0 Å². The van der Waals surface area contributed by atoms with Gasteiger partial charge in [-0.1, -0.05) is 48.0 Å². The zero-order valence-corrected chi connectivity index (χ0v) is 17.1. The van der Waals surface area contributed by atoms with Gasteiger partial charge >= 0.3 is 0 Å². The minimum absolute atomic E-state index is 0. The Bertz CT molecular complexity index is 479. The van der Waals surface area contributed by atoms with Gasteiger partial charge in [0, 0.05) is 9.84 Å². The normalized spacial score (nSPS) is 59.8. The van der Waals surface area contributed by atoms with E-state index in [4.69, 9.17) is 0 Å². The molecule has 10 unspecified atom stereocenters. The number of hydrogen-bond donors (Lipinski definition) is 0. The summed E-state index contributed by atoms with van der Waals surface area (Å²) in [6, 6.07) is 0. The molecule has 4 fully saturated rings. The van der Waals surface area contributed by atoms with Gasteiger partial charge < -0.3 is 0 Å². The van der Waals surface area contributed by atoms with Crippen molar-refractivity contribution in [3.05, 3.63) is 0 Å². The summed E-state index contributed by atoms with van der Waals surface area (Å²) in [5, 5.41) is 0. The van der Waals surface area contributed by atoms with E-state index >= 15 is 0 Å². The minimum Gasteiger partial charge on any atom is -0.0625 e. The lowest BCUT2D eigenvalue weighted by Crippen LogP contribution is -2.58. The average Bonchev–Trinajstić information content (AvgIpc) is 2.80. The average molecular weight is 330 g/mol. The van der Waals surface area contributed by atoms with Crippen molar-refractivity contribution < 1.29 is 1.43 Å². The first-order chi connectivity index (χ1) is 10.8. The molecule has 0 bridgehead atoms. The molecule has 4 saturated carbocycles. The van der Waals surface area contributed by atoms with Gasteiger partial charge in [-0.15, -0.1) is 0 Å². The standard InChI is InChI=1S/C23H40.B.H2/c1-14-9-10-22(5)18(11-14)12-15(2)21-19-8-7-16(3)23(19,6)17(4)13-20(21)22;;/h14-21H,7-13H2,1-6H3;;1H/i;;1+1. The molecule has 0 aromatic carbocycles. The molecule has 1 heteroatoms. The van der Waals surface area contributed by atoms with Crippen molar-refractivity contribution in [2.75, 3.05) is 0 Å². The van der Waals surface area contributed by atoms with Gasteiger partial charge in [0.2, 0.25) is 0 Å². The van der Waals surface area contributed by atoms with E-state index in [1.165, 1.54) is 44.9 Å². The van der Waals surface area contributed by atoms with Crippen molar-refractivity contribution in [2.24, 2.45) is 58.2 Å². The van der Waals surface area contributed by atoms with Crippen LogP contribution in [0.25, 0.3) is 0 Å². The van der Waals surface area contributed by atoms with Gasteiger partial charge in [-0.3, -0.25) is 0 Å². The lowest BCUT2D eigenvalue weighted by Gasteiger charge is -2.64. The predicted molar refractivity (Wildman–Crippen MR) is 107 cm³/mol. The van der Waals surface area contributed by atoms with Crippen LogP contribution in [0.4, 0.5) is 0 Å². The quantitative estimate of drug-likeness (QED) is 0.436. The molecule has 0 aromatic rings. The molecule has 0 saturated heterocycles. The van der Waals surface area contributed by atoms with Crippen molar-refractivity contribution in [3.8, 4) is 0 Å². The summed E-state index contributed by atoms with van der Waals surface area (Å²) in [4.78, 5) is 0. The first-order valence-corrected chi connectivity index (χ1v) is 10.8. The Morgan fingerprint density at radius 2 is 1.50 bits per heavy atom. The Morgan fingerprint density at radius 1 is 0.792 bits per heavy atom. The van der Waals surface area contributed by atoms with Crippen molar-refractivity contribution in [2.45, 2.75) is 86.5 Å². The van der Waals surface area contributed by atoms with E-state index in [9.17, 15) is 0 Å². The van der Waals surface area contributed by atoms with E-state index in [0.717, 1.165) is 47.3 Å². The summed E-state index contributed by atoms with van der Waals surface area (Å²) in [5.74, 6) is 7.97. The molecule has 0 aliphatic heterocycles. The van der Waals surface area contributed by atoms with E-state index < -0.39 is 0 Å². The molecule has 0 nitrogen and oxygen atoms in total. The van der Waals surface area contributed by atoms with Gasteiger partial charge in [-0.25, -0.2) is 0 Å². The number of rotatable bonds is 0. The fourth-order valence-corrected chi connectivity index (χ4v) is 8.54. The lowest BCUT2D eigenvalue weighted by atomic mass is 9.40. The van der Waals surface area contributed by atoms with Crippen molar-refractivity contribution >= 4 is 8.41 Å². The van der Waals surface area contributed by atoms with Crippen LogP contribution in [0.15, 0.2) is 0 Å². The van der Waals surface area contributed by atoms with Gasteiger partial charge in [0.15, 0.2) is 0 Å². The van der Waals surface area contributed by atoms with Crippen LogP contribution >= 0.6 is 0 Å². The summed E-state index contributed by atoms with van der Waals surface area (Å²) in [6.45, 7) is 15.7. The highest BCUT2D eigenvalue weighted by Gasteiger charge is 2.62. The molecular weight excluding hydrogens is 287 g/mol. The highest BCUT2D eigenvalue weighted by molar-refractivity contribution is 5.75. The van der Waals surface area contributed by atoms with Crippen LogP contribution in [0.1, 0.15) is 87.9 Å². The van der Waals surface area contributed by atoms with E-state index in [0.29, 0.717) is 10.8 Å². The third-order valence-corrected chi connectivity index (χ3v) is 10.3. The maximum Gasteiger partial charge on any atom is 0 e. The van der Waals surface area contributed by atoms with Crippen LogP contribution in [0.5, 0.6) is 0 Å². The lowest BCUT2D eigenvalue weighted by molar-refractivity contribution is -0.158. The van der Waals surface area contributed by atoms with E-state index in [-0.39, 0.29) is 9.84 Å². The topological polar surface area (TPSA) is 0 Å². The first kappa shape index (κ1) is 18.8. The van der Waals surface area contributed by atoms with E-state index in [1.54, 1.807) is 0 Å². The summed E-state index contributed by atoms with van der Waals surface area (Å²) in [7, 11) is 0. The molecular formula is C23H42B. The summed E-state index contributed by atoms with van der Waals surface area (Å²) < 4.78 is 0. The monoisotopic (exact) mass is 330 g/mol. The molecule has 3 radical (unpaired) electrons. The Kier molecular flexibility index (Phi) is 4.75. The molecule has 0 amide bonds. The second-order valence-corrected chi connectivity index (χ2v) is 11.1. The van der Waals surface area contributed by atoms with Crippen LogP contribution in [0.3, 0.4) is 0 Å². The van der Waals surface area contributed by atoms with Crippen LogP contribution in [-0.4, -0.2) is 8.41 Å². The third-order valence-electron chi connectivity index (χ3n) is 10.3. The Labute approximate surface area is 155 Å². The highest BCUT2D eigenvalue weighted by Crippen LogP contribution is 2.70. The molecule has 10 atom stereocenters. The molecule has 0 aromatic heterocycles. The molecule has 4 aliphatic carbocycles. The molecule has 24 heavy (non-hydrogen) atoms. The number of fused-ring (bicyclic) bond motifs is 5. The SMILES string of the molecule is CC1CCC2(C)C(C1)CC(C)C1C2CC(C)C2(C)C(C)CCC12.[2HH].[B]. The number of hydrogen-bond acceptors (Lipinski definition) is 0. The summed E-state index contributed by atoms with van der Waals surface area (Å²) in [5.41, 5.74) is 1.31. The second-order valence-electron chi connectivity index (χ2n) is 11.1.